The molecule has 0 aromatic heterocycles. The highest BCUT2D eigenvalue weighted by atomic mass is 35.5. The molecule has 2 fully saturated rings. The molecule has 2 heterocycles. The lowest BCUT2D eigenvalue weighted by molar-refractivity contribution is -0.130. The van der Waals surface area contributed by atoms with Gasteiger partial charge in [0.2, 0.25) is 5.91 Å². The molecule has 6 heteroatoms. The van der Waals surface area contributed by atoms with E-state index in [1.54, 1.807) is 0 Å². The van der Waals surface area contributed by atoms with Gasteiger partial charge in [0, 0.05) is 43.8 Å². The molecule has 2 N–H and O–H groups in total. The molecular weight excluding hydrogens is 323 g/mol. The zero-order chi connectivity index (χ0) is 14.7. The Hall–Kier alpha value is -0.810. The molecule has 0 radical (unpaired) electrons. The molecule has 0 atom stereocenters. The third-order valence-electron chi connectivity index (χ3n) is 4.58. The highest BCUT2D eigenvalue weighted by Crippen LogP contribution is 2.36. The molecule has 0 aliphatic carbocycles. The Bertz CT molecular complexity index is 515. The van der Waals surface area contributed by atoms with Crippen molar-refractivity contribution in [2.24, 2.45) is 5.92 Å². The van der Waals surface area contributed by atoms with Gasteiger partial charge in [0.05, 0.1) is 5.41 Å². The van der Waals surface area contributed by atoms with Gasteiger partial charge in [-0.15, -0.1) is 12.4 Å². The average molecular weight is 345 g/mol. The maximum Gasteiger partial charge on any atom is 0.230 e. The van der Waals surface area contributed by atoms with Crippen LogP contribution in [0.2, 0.25) is 5.02 Å². The summed E-state index contributed by atoms with van der Waals surface area (Å²) in [6, 6.07) is 7.67. The smallest absolute Gasteiger partial charge is 0.230 e. The van der Waals surface area contributed by atoms with Crippen molar-refractivity contribution < 1.29 is 9.53 Å². The maximum atomic E-state index is 12.8. The number of nitrogens with one attached hydrogen (secondary N) is 2. The zero-order valence-electron chi connectivity index (χ0n) is 12.4. The lowest BCUT2D eigenvalue weighted by Crippen LogP contribution is -2.53. The van der Waals surface area contributed by atoms with Crippen LogP contribution in [0.15, 0.2) is 24.3 Å². The molecular formula is C16H22Cl2N2O2. The maximum absolute atomic E-state index is 12.8. The van der Waals surface area contributed by atoms with E-state index in [4.69, 9.17) is 16.3 Å². The summed E-state index contributed by atoms with van der Waals surface area (Å²) >= 11 is 6.12. The normalized spacial score (nSPS) is 20.6. The molecule has 22 heavy (non-hydrogen) atoms. The first-order chi connectivity index (χ1) is 10.2. The Morgan fingerprint density at radius 3 is 2.68 bits per heavy atom. The fourth-order valence-electron chi connectivity index (χ4n) is 3.05. The van der Waals surface area contributed by atoms with E-state index in [1.165, 1.54) is 0 Å². The van der Waals surface area contributed by atoms with E-state index in [0.717, 1.165) is 25.2 Å². The van der Waals surface area contributed by atoms with E-state index in [1.807, 2.05) is 24.3 Å². The van der Waals surface area contributed by atoms with Gasteiger partial charge >= 0.3 is 0 Å². The Labute approximate surface area is 142 Å². The van der Waals surface area contributed by atoms with Crippen LogP contribution in [0, 0.1) is 5.92 Å². The summed E-state index contributed by atoms with van der Waals surface area (Å²) in [5, 5.41) is 7.04. The molecule has 2 aliphatic heterocycles. The Morgan fingerprint density at radius 1 is 1.36 bits per heavy atom. The van der Waals surface area contributed by atoms with Crippen molar-refractivity contribution >= 4 is 29.9 Å². The van der Waals surface area contributed by atoms with Gasteiger partial charge < -0.3 is 15.4 Å². The first kappa shape index (κ1) is 17.5. The number of carbonyl (C=O) groups excluding carboxylic acids is 1. The van der Waals surface area contributed by atoms with E-state index < -0.39 is 5.41 Å². The van der Waals surface area contributed by atoms with Gasteiger partial charge in [-0.2, -0.15) is 0 Å². The first-order valence-corrected chi connectivity index (χ1v) is 7.91. The van der Waals surface area contributed by atoms with Crippen molar-refractivity contribution in [1.29, 1.82) is 0 Å². The number of hydrogen-bond acceptors (Lipinski definition) is 3. The largest absolute Gasteiger partial charge is 0.381 e. The average Bonchev–Trinajstić information content (AvgIpc) is 2.46. The molecule has 2 saturated heterocycles. The van der Waals surface area contributed by atoms with Gasteiger partial charge in [0.15, 0.2) is 0 Å². The molecule has 122 valence electrons. The second kappa shape index (κ2) is 7.64. The molecule has 0 bridgehead atoms. The van der Waals surface area contributed by atoms with E-state index in [2.05, 4.69) is 10.6 Å². The van der Waals surface area contributed by atoms with Crippen LogP contribution in [0.4, 0.5) is 0 Å². The fourth-order valence-corrected chi connectivity index (χ4v) is 3.24. The molecule has 1 aromatic carbocycles. The van der Waals surface area contributed by atoms with Crippen LogP contribution in [-0.2, 0) is 14.9 Å². The van der Waals surface area contributed by atoms with E-state index in [9.17, 15) is 4.79 Å². The Morgan fingerprint density at radius 2 is 2.09 bits per heavy atom. The number of hydrogen-bond donors (Lipinski definition) is 2. The third kappa shape index (κ3) is 3.57. The fraction of sp³-hybridized carbons (Fsp3) is 0.562. The third-order valence-corrected chi connectivity index (χ3v) is 4.81. The quantitative estimate of drug-likeness (QED) is 0.879. The summed E-state index contributed by atoms with van der Waals surface area (Å²) in [6.45, 7) is 3.96. The number of carbonyl (C=O) groups is 1. The number of halogens is 2. The summed E-state index contributed by atoms with van der Waals surface area (Å²) in [5.74, 6) is 0.671. The number of ether oxygens (including phenoxy) is 1. The first-order valence-electron chi connectivity index (χ1n) is 7.53. The standard InChI is InChI=1S/C16H21ClN2O2.ClH/c17-14-3-1-2-13(8-14)16(4-6-21-7-5-16)15(20)19-11-12-9-18-10-12;/h1-3,8,12,18H,4-7,9-11H2,(H,19,20);1H. The van der Waals surface area contributed by atoms with Crippen molar-refractivity contribution in [2.75, 3.05) is 32.8 Å². The van der Waals surface area contributed by atoms with Gasteiger partial charge in [-0.25, -0.2) is 0 Å². The molecule has 1 aromatic rings. The molecule has 0 spiro atoms. The van der Waals surface area contributed by atoms with E-state index >= 15 is 0 Å². The Balaban J connectivity index is 0.00000176. The van der Waals surface area contributed by atoms with Crippen LogP contribution in [0.25, 0.3) is 0 Å². The Kier molecular flexibility index (Phi) is 6.09. The summed E-state index contributed by atoms with van der Waals surface area (Å²) in [7, 11) is 0. The highest BCUT2D eigenvalue weighted by Gasteiger charge is 2.41. The van der Waals surface area contributed by atoms with Crippen molar-refractivity contribution in [3.8, 4) is 0 Å². The summed E-state index contributed by atoms with van der Waals surface area (Å²) in [5.41, 5.74) is 0.503. The van der Waals surface area contributed by atoms with Gasteiger partial charge in [-0.05, 0) is 30.5 Å². The van der Waals surface area contributed by atoms with Crippen LogP contribution in [0.3, 0.4) is 0 Å². The molecule has 3 rings (SSSR count). The molecule has 4 nitrogen and oxygen atoms in total. The number of benzene rings is 1. The SMILES string of the molecule is Cl.O=C(NCC1CNC1)C1(c2cccc(Cl)c2)CCOCC1. The van der Waals surface area contributed by atoms with Gasteiger partial charge in [-0.1, -0.05) is 23.7 Å². The molecule has 0 saturated carbocycles. The monoisotopic (exact) mass is 344 g/mol. The van der Waals surface area contributed by atoms with Crippen LogP contribution < -0.4 is 10.6 Å². The van der Waals surface area contributed by atoms with E-state index in [-0.39, 0.29) is 18.3 Å². The zero-order valence-corrected chi connectivity index (χ0v) is 14.0. The van der Waals surface area contributed by atoms with Crippen LogP contribution in [0.1, 0.15) is 18.4 Å². The topological polar surface area (TPSA) is 50.4 Å². The minimum Gasteiger partial charge on any atom is -0.381 e. The predicted molar refractivity (Wildman–Crippen MR) is 89.8 cm³/mol. The summed E-state index contributed by atoms with van der Waals surface area (Å²) < 4.78 is 5.46. The molecule has 1 amide bonds. The summed E-state index contributed by atoms with van der Waals surface area (Å²) in [6.07, 6.45) is 1.42. The predicted octanol–water partition coefficient (Wildman–Crippen LogP) is 2.15. The van der Waals surface area contributed by atoms with Crippen molar-refractivity contribution in [2.45, 2.75) is 18.3 Å². The summed E-state index contributed by atoms with van der Waals surface area (Å²) in [4.78, 5) is 12.8. The minimum atomic E-state index is -0.500. The van der Waals surface area contributed by atoms with E-state index in [0.29, 0.717) is 37.0 Å². The number of amides is 1. The molecule has 2 aliphatic rings. The van der Waals surface area contributed by atoms with Crippen molar-refractivity contribution in [3.05, 3.63) is 34.9 Å². The molecule has 0 unspecified atom stereocenters. The van der Waals surface area contributed by atoms with Gasteiger partial charge in [0.25, 0.3) is 0 Å². The van der Waals surface area contributed by atoms with Crippen LogP contribution in [-0.4, -0.2) is 38.8 Å². The van der Waals surface area contributed by atoms with Gasteiger partial charge in [0.1, 0.15) is 0 Å². The van der Waals surface area contributed by atoms with Crippen molar-refractivity contribution in [1.82, 2.24) is 10.6 Å². The second-order valence-electron chi connectivity index (χ2n) is 5.94. The van der Waals surface area contributed by atoms with Crippen LogP contribution in [0.5, 0.6) is 0 Å². The minimum absolute atomic E-state index is 0. The van der Waals surface area contributed by atoms with Crippen LogP contribution >= 0.6 is 24.0 Å². The lowest BCUT2D eigenvalue weighted by atomic mass is 9.73. The highest BCUT2D eigenvalue weighted by molar-refractivity contribution is 6.30. The lowest BCUT2D eigenvalue weighted by Gasteiger charge is -2.37. The van der Waals surface area contributed by atoms with Crippen molar-refractivity contribution in [3.63, 3.8) is 0 Å². The second-order valence-corrected chi connectivity index (χ2v) is 6.38. The van der Waals surface area contributed by atoms with Gasteiger partial charge in [-0.3, -0.25) is 4.79 Å². The number of rotatable bonds is 4.